The number of ether oxygens (including phenoxy) is 1. The summed E-state index contributed by atoms with van der Waals surface area (Å²) in [5.74, 6) is -1.25. The lowest BCUT2D eigenvalue weighted by Crippen LogP contribution is -2.50. The average molecular weight is 412 g/mol. The van der Waals surface area contributed by atoms with Crippen LogP contribution >= 0.6 is 11.8 Å². The van der Waals surface area contributed by atoms with E-state index in [4.69, 9.17) is 4.74 Å². The van der Waals surface area contributed by atoms with Crippen molar-refractivity contribution in [2.45, 2.75) is 50.1 Å². The summed E-state index contributed by atoms with van der Waals surface area (Å²) >= 11 is 1.36. The normalized spacial score (nSPS) is 12.7. The van der Waals surface area contributed by atoms with E-state index in [1.165, 1.54) is 17.3 Å². The van der Waals surface area contributed by atoms with E-state index >= 15 is 0 Å². The number of carbonyl (C=O) groups is 2. The molecule has 0 saturated heterocycles. The van der Waals surface area contributed by atoms with Gasteiger partial charge in [-0.05, 0) is 62.1 Å². The third-order valence-electron chi connectivity index (χ3n) is 4.80. The highest BCUT2D eigenvalue weighted by atomic mass is 32.2. The number of rotatable bonds is 7. The molecule has 29 heavy (non-hydrogen) atoms. The number of carbonyl (C=O) groups excluding carboxylic acids is 2. The molecule has 1 aromatic heterocycles. The van der Waals surface area contributed by atoms with Crippen LogP contribution in [-0.2, 0) is 9.53 Å². The number of nitrogens with one attached hydrogen (secondary N) is 1. The molecule has 1 atom stereocenters. The number of hydrogen-bond acceptors (Lipinski definition) is 6. The molecule has 2 rings (SSSR count). The first-order valence-corrected chi connectivity index (χ1v) is 10.1. The van der Waals surface area contributed by atoms with E-state index in [1.54, 1.807) is 25.3 Å². The molecule has 6 nitrogen and oxygen atoms in total. The second kappa shape index (κ2) is 9.57. The Morgan fingerprint density at radius 3 is 2.62 bits per heavy atom. The summed E-state index contributed by atoms with van der Waals surface area (Å²) in [5, 5.41) is 12.4. The fraction of sp³-hybridized carbons (Fsp3) is 0.364. The molecule has 0 bridgehead atoms. The molecule has 0 aliphatic carbocycles. The van der Waals surface area contributed by atoms with Gasteiger partial charge in [-0.25, -0.2) is 9.78 Å². The Kier molecular flexibility index (Phi) is 7.40. The maximum absolute atomic E-state index is 12.5. The van der Waals surface area contributed by atoms with E-state index in [0.717, 1.165) is 10.5 Å². The van der Waals surface area contributed by atoms with Crippen LogP contribution in [0.3, 0.4) is 0 Å². The number of benzene rings is 1. The highest BCUT2D eigenvalue weighted by Crippen LogP contribution is 2.30. The Hall–Kier alpha value is -2.85. The number of esters is 1. The van der Waals surface area contributed by atoms with Crippen molar-refractivity contribution < 1.29 is 14.3 Å². The number of pyridine rings is 1. The van der Waals surface area contributed by atoms with Crippen LogP contribution in [0.15, 0.2) is 46.5 Å². The van der Waals surface area contributed by atoms with Crippen molar-refractivity contribution in [1.82, 2.24) is 10.3 Å². The molecule has 0 aliphatic heterocycles. The minimum Gasteiger partial charge on any atom is -0.452 e. The van der Waals surface area contributed by atoms with Crippen LogP contribution in [0, 0.1) is 31.1 Å². The van der Waals surface area contributed by atoms with Crippen LogP contribution in [0.4, 0.5) is 0 Å². The highest BCUT2D eigenvalue weighted by Gasteiger charge is 2.30. The van der Waals surface area contributed by atoms with Crippen molar-refractivity contribution >= 4 is 23.6 Å². The van der Waals surface area contributed by atoms with Gasteiger partial charge in [-0.2, -0.15) is 5.26 Å². The van der Waals surface area contributed by atoms with Gasteiger partial charge in [-0.3, -0.25) is 4.79 Å². The Labute approximate surface area is 175 Å². The van der Waals surface area contributed by atoms with E-state index in [0.29, 0.717) is 5.03 Å². The Morgan fingerprint density at radius 1 is 1.28 bits per heavy atom. The predicted molar refractivity (Wildman–Crippen MR) is 112 cm³/mol. The molecular weight excluding hydrogens is 386 g/mol. The van der Waals surface area contributed by atoms with Crippen molar-refractivity contribution in [1.29, 1.82) is 5.26 Å². The monoisotopic (exact) mass is 411 g/mol. The van der Waals surface area contributed by atoms with Crippen molar-refractivity contribution in [3.05, 3.63) is 53.2 Å². The molecule has 0 unspecified atom stereocenters. The van der Waals surface area contributed by atoms with Gasteiger partial charge in [-0.15, -0.1) is 0 Å². The number of aryl methyl sites for hydroxylation is 2. The lowest BCUT2D eigenvalue weighted by molar-refractivity contribution is -0.125. The van der Waals surface area contributed by atoms with Gasteiger partial charge in [-0.1, -0.05) is 31.7 Å². The lowest BCUT2D eigenvalue weighted by Gasteiger charge is -2.27. The molecule has 7 heteroatoms. The molecule has 152 valence electrons. The van der Waals surface area contributed by atoms with Gasteiger partial charge >= 0.3 is 5.97 Å². The summed E-state index contributed by atoms with van der Waals surface area (Å²) < 4.78 is 5.17. The zero-order valence-electron chi connectivity index (χ0n) is 17.3. The largest absolute Gasteiger partial charge is 0.452 e. The van der Waals surface area contributed by atoms with Crippen molar-refractivity contribution in [2.75, 3.05) is 6.61 Å². The summed E-state index contributed by atoms with van der Waals surface area (Å²) in [6.07, 6.45) is 1.61. The number of hydrogen-bond donors (Lipinski definition) is 1. The summed E-state index contributed by atoms with van der Waals surface area (Å²) in [5.41, 5.74) is 1.60. The first-order chi connectivity index (χ1) is 13.7. The number of aromatic nitrogens is 1. The van der Waals surface area contributed by atoms with Crippen molar-refractivity contribution in [2.24, 2.45) is 5.92 Å². The molecule has 0 radical (unpaired) electrons. The molecule has 1 amide bonds. The average Bonchev–Trinajstić information content (AvgIpc) is 2.69. The predicted octanol–water partition coefficient (Wildman–Crippen LogP) is 4.06. The standard InChI is InChI=1S/C22H25N3O3S/c1-14(2)22(5,13-23)25-19(26)12-28-21(27)18-7-6-10-24-20(18)29-17-9-8-15(3)16(4)11-17/h6-11,14H,12H2,1-5H3,(H,25,26)/t22-/m1/s1. The molecule has 0 aliphatic rings. The van der Waals surface area contributed by atoms with Gasteiger partial charge in [0.15, 0.2) is 6.61 Å². The summed E-state index contributed by atoms with van der Waals surface area (Å²) in [6.45, 7) is 8.90. The van der Waals surface area contributed by atoms with Crippen LogP contribution in [0.5, 0.6) is 0 Å². The van der Waals surface area contributed by atoms with Crippen LogP contribution in [0.2, 0.25) is 0 Å². The van der Waals surface area contributed by atoms with Gasteiger partial charge in [0, 0.05) is 11.1 Å². The second-order valence-corrected chi connectivity index (χ2v) is 8.36. The van der Waals surface area contributed by atoms with Gasteiger partial charge in [0.25, 0.3) is 5.91 Å². The van der Waals surface area contributed by atoms with E-state index in [-0.39, 0.29) is 11.5 Å². The molecule has 0 fully saturated rings. The van der Waals surface area contributed by atoms with Crippen LogP contribution < -0.4 is 5.32 Å². The zero-order chi connectivity index (χ0) is 21.6. The van der Waals surface area contributed by atoms with Gasteiger partial charge in [0.1, 0.15) is 10.6 Å². The van der Waals surface area contributed by atoms with E-state index in [1.807, 2.05) is 45.9 Å². The summed E-state index contributed by atoms with van der Waals surface area (Å²) in [7, 11) is 0. The van der Waals surface area contributed by atoms with E-state index in [9.17, 15) is 14.9 Å². The SMILES string of the molecule is Cc1ccc(Sc2ncccc2C(=O)OCC(=O)N[C@](C)(C#N)C(C)C)cc1C. The summed E-state index contributed by atoms with van der Waals surface area (Å²) in [6, 6.07) is 11.4. The minimum absolute atomic E-state index is 0.0913. The van der Waals surface area contributed by atoms with Crippen LogP contribution in [0.25, 0.3) is 0 Å². The minimum atomic E-state index is -1.03. The van der Waals surface area contributed by atoms with Gasteiger partial charge in [0.05, 0.1) is 11.6 Å². The molecule has 1 aromatic carbocycles. The molecule has 1 N–H and O–H groups in total. The molecule has 0 spiro atoms. The molecular formula is C22H25N3O3S. The lowest BCUT2D eigenvalue weighted by atomic mass is 9.90. The Morgan fingerprint density at radius 2 is 2.00 bits per heavy atom. The second-order valence-electron chi connectivity index (χ2n) is 7.30. The molecule has 1 heterocycles. The van der Waals surface area contributed by atoms with Crippen molar-refractivity contribution in [3.63, 3.8) is 0 Å². The van der Waals surface area contributed by atoms with Crippen LogP contribution in [0.1, 0.15) is 42.3 Å². The highest BCUT2D eigenvalue weighted by molar-refractivity contribution is 7.99. The Balaban J connectivity index is 2.07. The van der Waals surface area contributed by atoms with Crippen molar-refractivity contribution in [3.8, 4) is 6.07 Å². The number of amides is 1. The van der Waals surface area contributed by atoms with Gasteiger partial charge < -0.3 is 10.1 Å². The topological polar surface area (TPSA) is 92.1 Å². The third-order valence-corrected chi connectivity index (χ3v) is 5.81. The quantitative estimate of drug-likeness (QED) is 0.691. The fourth-order valence-corrected chi connectivity index (χ4v) is 3.32. The molecule has 2 aromatic rings. The number of nitriles is 1. The van der Waals surface area contributed by atoms with E-state index < -0.39 is 24.0 Å². The maximum atomic E-state index is 12.5. The third kappa shape index (κ3) is 5.81. The number of nitrogens with zero attached hydrogens (tertiary/aromatic N) is 2. The maximum Gasteiger partial charge on any atom is 0.341 e. The first-order valence-electron chi connectivity index (χ1n) is 9.26. The smallest absolute Gasteiger partial charge is 0.341 e. The summed E-state index contributed by atoms with van der Waals surface area (Å²) in [4.78, 5) is 29.9. The zero-order valence-corrected chi connectivity index (χ0v) is 18.1. The van der Waals surface area contributed by atoms with E-state index in [2.05, 4.69) is 16.4 Å². The Bertz CT molecular complexity index is 953. The van der Waals surface area contributed by atoms with Gasteiger partial charge in [0.2, 0.25) is 0 Å². The molecule has 0 saturated carbocycles. The first kappa shape index (κ1) is 22.4. The fourth-order valence-electron chi connectivity index (χ4n) is 2.35. The van der Waals surface area contributed by atoms with Crippen LogP contribution in [-0.4, -0.2) is 29.0 Å².